The van der Waals surface area contributed by atoms with Gasteiger partial charge in [0.1, 0.15) is 0 Å². The van der Waals surface area contributed by atoms with Crippen LogP contribution in [-0.4, -0.2) is 12.2 Å². The summed E-state index contributed by atoms with van der Waals surface area (Å²) in [5.74, 6) is 2.22. The monoisotopic (exact) mass is 327 g/mol. The highest BCUT2D eigenvalue weighted by atomic mass is 35.5. The van der Waals surface area contributed by atoms with Gasteiger partial charge < -0.3 is 4.74 Å². The molecule has 0 bridgehead atoms. The summed E-state index contributed by atoms with van der Waals surface area (Å²) in [6.07, 6.45) is 7.40. The van der Waals surface area contributed by atoms with Gasteiger partial charge in [0, 0.05) is 5.41 Å². The van der Waals surface area contributed by atoms with Crippen LogP contribution in [0.15, 0.2) is 12.1 Å². The first-order valence-corrected chi connectivity index (χ1v) is 9.30. The number of rotatable bonds is 0. The lowest BCUT2D eigenvalue weighted by Gasteiger charge is -2.50. The Labute approximate surface area is 143 Å². The topological polar surface area (TPSA) is 16.9 Å². The number of halogens is 1. The lowest BCUT2D eigenvalue weighted by atomic mass is 9.54. The Morgan fingerprint density at radius 2 is 2.09 bits per heavy atom. The third-order valence-electron chi connectivity index (χ3n) is 7.73. The van der Waals surface area contributed by atoms with Crippen LogP contribution >= 0.6 is 11.6 Å². The van der Waals surface area contributed by atoms with Crippen LogP contribution < -0.4 is 0 Å². The number of hydrogen-bond acceptors (Lipinski definition) is 1. The second kappa shape index (κ2) is 4.52. The second-order valence-electron chi connectivity index (χ2n) is 8.27. The van der Waals surface area contributed by atoms with Gasteiger partial charge in [0.2, 0.25) is 5.69 Å². The molecule has 1 aromatic rings. The van der Waals surface area contributed by atoms with Crippen LogP contribution in [0.5, 0.6) is 0 Å². The van der Waals surface area contributed by atoms with Crippen LogP contribution in [0.1, 0.15) is 56.1 Å². The maximum Gasteiger partial charge on any atom is 0.205 e. The minimum atomic E-state index is 0.231. The maximum atomic E-state index is 7.28. The smallest absolute Gasteiger partial charge is 0.205 e. The van der Waals surface area contributed by atoms with Crippen molar-refractivity contribution in [1.82, 2.24) is 0 Å². The van der Waals surface area contributed by atoms with Gasteiger partial charge in [-0.2, -0.15) is 0 Å². The SMILES string of the molecule is [C-]#[N+]c1ccc2c(c1Cl)CCC1C2CC[C@@]2(C)C1CC[C@@]21CO1. The summed E-state index contributed by atoms with van der Waals surface area (Å²) >= 11 is 6.52. The van der Waals surface area contributed by atoms with E-state index >= 15 is 0 Å². The molecule has 2 saturated carbocycles. The summed E-state index contributed by atoms with van der Waals surface area (Å²) < 4.78 is 5.97. The Balaban J connectivity index is 1.55. The number of ether oxygens (including phenoxy) is 1. The molecule has 2 nitrogen and oxygen atoms in total. The summed E-state index contributed by atoms with van der Waals surface area (Å²) in [6, 6.07) is 4.14. The van der Waals surface area contributed by atoms with E-state index in [1.807, 2.05) is 6.07 Å². The zero-order valence-corrected chi connectivity index (χ0v) is 14.3. The van der Waals surface area contributed by atoms with Gasteiger partial charge in [0.25, 0.3) is 0 Å². The molecule has 0 radical (unpaired) electrons. The van der Waals surface area contributed by atoms with Crippen molar-refractivity contribution in [2.45, 2.75) is 57.0 Å². The molecule has 1 spiro atoms. The van der Waals surface area contributed by atoms with Gasteiger partial charge in [-0.15, -0.1) is 0 Å². The Kier molecular flexibility index (Phi) is 2.82. The minimum absolute atomic E-state index is 0.231. The van der Waals surface area contributed by atoms with Crippen LogP contribution in [0.25, 0.3) is 4.85 Å². The van der Waals surface area contributed by atoms with Crippen LogP contribution in [0, 0.1) is 23.8 Å². The maximum absolute atomic E-state index is 7.28. The zero-order valence-electron chi connectivity index (χ0n) is 13.6. The molecule has 120 valence electrons. The van der Waals surface area contributed by atoms with E-state index in [0.29, 0.717) is 17.0 Å². The normalized spacial score (nSPS) is 43.4. The van der Waals surface area contributed by atoms with Gasteiger partial charge in [-0.3, -0.25) is 0 Å². The number of epoxide rings is 1. The van der Waals surface area contributed by atoms with Gasteiger partial charge in [-0.1, -0.05) is 30.7 Å². The molecule has 3 aliphatic carbocycles. The fourth-order valence-corrected chi connectivity index (χ4v) is 6.66. The van der Waals surface area contributed by atoms with Gasteiger partial charge in [-0.25, -0.2) is 4.85 Å². The van der Waals surface area contributed by atoms with Crippen molar-refractivity contribution in [2.75, 3.05) is 6.61 Å². The van der Waals surface area contributed by atoms with Crippen molar-refractivity contribution >= 4 is 17.3 Å². The first-order chi connectivity index (χ1) is 11.1. The van der Waals surface area contributed by atoms with Crippen molar-refractivity contribution < 1.29 is 4.74 Å². The summed E-state index contributed by atoms with van der Waals surface area (Å²) in [6.45, 7) is 10.8. The largest absolute Gasteiger partial charge is 0.369 e. The predicted molar refractivity (Wildman–Crippen MR) is 91.0 cm³/mol. The summed E-state index contributed by atoms with van der Waals surface area (Å²) in [5.41, 5.74) is 3.95. The lowest BCUT2D eigenvalue weighted by Crippen LogP contribution is -2.45. The third-order valence-corrected chi connectivity index (χ3v) is 8.15. The number of hydrogen-bond donors (Lipinski definition) is 0. The van der Waals surface area contributed by atoms with Gasteiger partial charge >= 0.3 is 0 Å². The Bertz CT molecular complexity index is 732. The van der Waals surface area contributed by atoms with Crippen LogP contribution in [0.2, 0.25) is 5.02 Å². The molecular weight excluding hydrogens is 306 g/mol. The molecule has 3 unspecified atom stereocenters. The van der Waals surface area contributed by atoms with Crippen molar-refractivity contribution in [3.63, 3.8) is 0 Å². The first kappa shape index (κ1) is 14.3. The molecule has 1 heterocycles. The van der Waals surface area contributed by atoms with Gasteiger partial charge in [-0.05, 0) is 67.4 Å². The number of fused-ring (bicyclic) bond motifs is 6. The number of benzene rings is 1. The molecule has 5 rings (SSSR count). The van der Waals surface area contributed by atoms with Gasteiger partial charge in [0.15, 0.2) is 0 Å². The number of nitrogens with zero attached hydrogens (tertiary/aromatic N) is 1. The van der Waals surface area contributed by atoms with E-state index in [1.165, 1.54) is 43.2 Å². The molecule has 1 saturated heterocycles. The molecular formula is C20H22ClNO. The fourth-order valence-electron chi connectivity index (χ4n) is 6.35. The van der Waals surface area contributed by atoms with Crippen LogP contribution in [0.3, 0.4) is 0 Å². The van der Waals surface area contributed by atoms with E-state index < -0.39 is 0 Å². The van der Waals surface area contributed by atoms with E-state index in [4.69, 9.17) is 22.9 Å². The highest BCUT2D eigenvalue weighted by Gasteiger charge is 2.68. The standard InChI is InChI=1S/C20H22ClNO/c1-19-9-7-13-12-5-6-17(22-2)18(21)15(12)4-3-14(13)16(19)8-10-20(19)11-23-20/h5-6,13-14,16H,3-4,7-11H2,1H3/t13?,14?,16?,19-,20+/m0/s1. The van der Waals surface area contributed by atoms with E-state index in [0.717, 1.165) is 29.9 Å². The Morgan fingerprint density at radius 3 is 2.83 bits per heavy atom. The first-order valence-electron chi connectivity index (χ1n) is 8.92. The molecule has 0 N–H and O–H groups in total. The highest BCUT2D eigenvalue weighted by molar-refractivity contribution is 6.34. The molecule has 4 aliphatic rings. The highest BCUT2D eigenvalue weighted by Crippen LogP contribution is 2.69. The summed E-state index contributed by atoms with van der Waals surface area (Å²) in [7, 11) is 0. The molecule has 0 amide bonds. The lowest BCUT2D eigenvalue weighted by molar-refractivity contribution is 0.0121. The van der Waals surface area contributed by atoms with Crippen LogP contribution in [0.4, 0.5) is 5.69 Å². The fraction of sp³-hybridized carbons (Fsp3) is 0.650. The molecule has 0 aromatic heterocycles. The Hall–Kier alpha value is -1.04. The molecule has 1 aromatic carbocycles. The molecule has 1 aliphatic heterocycles. The molecule has 23 heavy (non-hydrogen) atoms. The van der Waals surface area contributed by atoms with E-state index in [-0.39, 0.29) is 5.60 Å². The minimum Gasteiger partial charge on any atom is -0.369 e. The predicted octanol–water partition coefficient (Wildman–Crippen LogP) is 5.52. The van der Waals surface area contributed by atoms with Crippen molar-refractivity contribution in [1.29, 1.82) is 0 Å². The average Bonchev–Trinajstić information content (AvgIpc) is 3.29. The zero-order chi connectivity index (χ0) is 15.8. The van der Waals surface area contributed by atoms with E-state index in [2.05, 4.69) is 17.8 Å². The third kappa shape index (κ3) is 1.68. The quantitative estimate of drug-likeness (QED) is 0.453. The summed E-state index contributed by atoms with van der Waals surface area (Å²) in [4.78, 5) is 3.58. The summed E-state index contributed by atoms with van der Waals surface area (Å²) in [5, 5.41) is 0.720. The average molecular weight is 328 g/mol. The second-order valence-corrected chi connectivity index (χ2v) is 8.65. The molecule has 5 atom stereocenters. The van der Waals surface area contributed by atoms with E-state index in [9.17, 15) is 0 Å². The Morgan fingerprint density at radius 1 is 1.26 bits per heavy atom. The van der Waals surface area contributed by atoms with Gasteiger partial charge in [0.05, 0.1) is 23.8 Å². The van der Waals surface area contributed by atoms with Crippen molar-refractivity contribution in [3.8, 4) is 0 Å². The molecule has 3 fully saturated rings. The van der Waals surface area contributed by atoms with E-state index in [1.54, 1.807) is 0 Å². The van der Waals surface area contributed by atoms with Crippen LogP contribution in [-0.2, 0) is 11.2 Å². The van der Waals surface area contributed by atoms with Crippen molar-refractivity contribution in [3.05, 3.63) is 39.7 Å². The molecule has 3 heteroatoms. The van der Waals surface area contributed by atoms with Crippen molar-refractivity contribution in [2.24, 2.45) is 17.3 Å².